The molecule has 1 N–H and O–H groups in total. The number of amides is 1. The maximum atomic E-state index is 13.6. The van der Waals surface area contributed by atoms with E-state index in [1.165, 1.54) is 11.1 Å². The second-order valence-electron chi connectivity index (χ2n) is 16.2. The summed E-state index contributed by atoms with van der Waals surface area (Å²) in [6.45, 7) is 10.3. The molecule has 0 spiro atoms. The molecule has 1 aromatic carbocycles. The highest BCUT2D eigenvalue weighted by Crippen LogP contribution is 2.44. The van der Waals surface area contributed by atoms with Gasteiger partial charge < -0.3 is 18.9 Å². The third kappa shape index (κ3) is 8.62. The summed E-state index contributed by atoms with van der Waals surface area (Å²) in [6.07, 6.45) is 9.61. The fourth-order valence-corrected chi connectivity index (χ4v) is 10.3. The van der Waals surface area contributed by atoms with Crippen molar-refractivity contribution in [2.45, 2.75) is 95.9 Å². The number of aromatic nitrogens is 3. The zero-order valence-corrected chi connectivity index (χ0v) is 35.8. The zero-order valence-electron chi connectivity index (χ0n) is 33.2. The molecule has 293 valence electrons. The molecule has 0 saturated carbocycles. The van der Waals surface area contributed by atoms with Crippen LogP contribution in [0.4, 0.5) is 0 Å². The van der Waals surface area contributed by atoms with E-state index in [0.717, 1.165) is 95.2 Å². The summed E-state index contributed by atoms with van der Waals surface area (Å²) < 4.78 is 14.8. The SMILES string of the molecule is CCn1c(-c2cc(C3CCN(C)CC3)cnc2[C@H](CCSC)OC)c2c3cc(ccc31)-c1csc(n1)CC([Si])C(=O)N1CCC[C@H](N1)C(=O)OCC(C)(C)C2. The van der Waals surface area contributed by atoms with E-state index in [9.17, 15) is 9.59 Å². The minimum Gasteiger partial charge on any atom is -0.464 e. The number of benzene rings is 1. The van der Waals surface area contributed by atoms with Gasteiger partial charge >= 0.3 is 5.97 Å². The number of carbonyl (C=O) groups excluding carboxylic acids is 2. The molecule has 1 amide bonds. The zero-order chi connectivity index (χ0) is 38.9. The van der Waals surface area contributed by atoms with Crippen LogP contribution >= 0.6 is 23.1 Å². The van der Waals surface area contributed by atoms with Gasteiger partial charge in [0.15, 0.2) is 0 Å². The van der Waals surface area contributed by atoms with Gasteiger partial charge in [-0.15, -0.1) is 11.3 Å². The molecular weight excluding hydrogens is 745 g/mol. The molecule has 3 aromatic heterocycles. The van der Waals surface area contributed by atoms with E-state index in [-0.39, 0.29) is 24.6 Å². The monoisotopic (exact) mass is 799 g/mol. The first-order valence-corrected chi connectivity index (χ1v) is 22.6. The van der Waals surface area contributed by atoms with Gasteiger partial charge in [0.25, 0.3) is 0 Å². The molecule has 1 unspecified atom stereocenters. The standard InChI is InChI=1S/C42H55N6O4S2Si/c1-7-47-34-11-10-27-19-29(34)31(39(47)30-20-28(26-12-16-46(4)17-13-26)23-43-38(30)35(51-5)14-18-53-6)22-42(2,3)25-52-41(50)32-9-8-15-48(45-32)40(49)36(55)21-37-44-33(27)24-54-37/h10-11,19-20,23-24,26,32,35-36,45H,7-9,12-18,21-22,25H2,1-6H3/t32-,35-,36?/m0/s1. The van der Waals surface area contributed by atoms with Crippen molar-refractivity contribution >= 4 is 56.1 Å². The van der Waals surface area contributed by atoms with Crippen molar-refractivity contribution in [1.29, 1.82) is 0 Å². The molecule has 55 heavy (non-hydrogen) atoms. The molecule has 3 aliphatic heterocycles. The lowest BCUT2D eigenvalue weighted by molar-refractivity contribution is -0.154. The molecule has 6 bridgehead atoms. The van der Waals surface area contributed by atoms with Crippen molar-refractivity contribution in [3.05, 3.63) is 57.7 Å². The van der Waals surface area contributed by atoms with E-state index in [4.69, 9.17) is 19.4 Å². The highest BCUT2D eigenvalue weighted by molar-refractivity contribution is 7.98. The number of hydrazine groups is 1. The topological polar surface area (TPSA) is 102 Å². The lowest BCUT2D eigenvalue weighted by Gasteiger charge is -2.35. The number of thioether (sulfide) groups is 1. The van der Waals surface area contributed by atoms with Gasteiger partial charge in [-0.2, -0.15) is 11.8 Å². The van der Waals surface area contributed by atoms with Gasteiger partial charge in [0.1, 0.15) is 12.1 Å². The number of rotatable bonds is 8. The van der Waals surface area contributed by atoms with E-state index in [0.29, 0.717) is 31.7 Å². The van der Waals surface area contributed by atoms with Gasteiger partial charge in [0.2, 0.25) is 5.91 Å². The lowest BCUT2D eigenvalue weighted by Crippen LogP contribution is -2.56. The number of nitrogens with one attached hydrogen (secondary N) is 1. The Morgan fingerprint density at radius 2 is 1.96 bits per heavy atom. The molecule has 6 heterocycles. The molecule has 3 atom stereocenters. The minimum atomic E-state index is -0.582. The fourth-order valence-electron chi connectivity index (χ4n) is 8.49. The minimum absolute atomic E-state index is 0.107. The van der Waals surface area contributed by atoms with Crippen LogP contribution in [0.25, 0.3) is 33.4 Å². The molecule has 3 radical (unpaired) electrons. The van der Waals surface area contributed by atoms with Crippen molar-refractivity contribution in [1.82, 2.24) is 29.9 Å². The summed E-state index contributed by atoms with van der Waals surface area (Å²) in [5.74, 6) is 0.979. The van der Waals surface area contributed by atoms with Gasteiger partial charge in [-0.05, 0) is 113 Å². The summed E-state index contributed by atoms with van der Waals surface area (Å²) in [6, 6.07) is 8.53. The average Bonchev–Trinajstić information content (AvgIpc) is 3.78. The number of piperidine rings is 1. The largest absolute Gasteiger partial charge is 0.464 e. The first-order valence-electron chi connectivity index (χ1n) is 19.8. The Balaban J connectivity index is 1.41. The number of hydrogen-bond donors (Lipinski definition) is 1. The highest BCUT2D eigenvalue weighted by atomic mass is 32.2. The molecule has 13 heteroatoms. The number of aryl methyl sites for hydroxylation is 1. The Labute approximate surface area is 337 Å². The number of thiazole rings is 1. The first-order chi connectivity index (χ1) is 26.5. The predicted molar refractivity (Wildman–Crippen MR) is 224 cm³/mol. The van der Waals surface area contributed by atoms with Crippen LogP contribution < -0.4 is 5.43 Å². The van der Waals surface area contributed by atoms with Crippen molar-refractivity contribution in [2.75, 3.05) is 52.4 Å². The molecule has 2 saturated heterocycles. The summed E-state index contributed by atoms with van der Waals surface area (Å²) in [5, 5.41) is 5.71. The first kappa shape index (κ1) is 40.1. The number of nitrogens with zero attached hydrogens (tertiary/aromatic N) is 5. The van der Waals surface area contributed by atoms with Gasteiger partial charge in [-0.25, -0.2) is 10.4 Å². The van der Waals surface area contributed by atoms with E-state index in [1.54, 1.807) is 23.5 Å². The maximum Gasteiger partial charge on any atom is 0.324 e. The van der Waals surface area contributed by atoms with Crippen LogP contribution in [0.15, 0.2) is 35.8 Å². The predicted octanol–water partition coefficient (Wildman–Crippen LogP) is 7.22. The Kier molecular flexibility index (Phi) is 12.5. The van der Waals surface area contributed by atoms with E-state index in [1.807, 2.05) is 11.8 Å². The van der Waals surface area contributed by atoms with Gasteiger partial charge in [-0.3, -0.25) is 19.6 Å². The summed E-state index contributed by atoms with van der Waals surface area (Å²) in [7, 11) is 7.71. The van der Waals surface area contributed by atoms with Crippen molar-refractivity contribution < 1.29 is 19.1 Å². The molecule has 4 aromatic rings. The Morgan fingerprint density at radius 3 is 2.71 bits per heavy atom. The Hall–Kier alpha value is -3.07. The van der Waals surface area contributed by atoms with Crippen molar-refractivity contribution in [2.24, 2.45) is 5.41 Å². The quantitative estimate of drug-likeness (QED) is 0.146. The summed E-state index contributed by atoms with van der Waals surface area (Å²) >= 11 is 3.40. The summed E-state index contributed by atoms with van der Waals surface area (Å²) in [4.78, 5) is 39.9. The smallest absolute Gasteiger partial charge is 0.324 e. The molecular formula is C42H55N6O4S2Si. The third-order valence-corrected chi connectivity index (χ3v) is 13.5. The number of hydrogen-bond acceptors (Lipinski definition) is 10. The molecule has 10 nitrogen and oxygen atoms in total. The number of esters is 1. The number of ether oxygens (including phenoxy) is 2. The molecule has 2 fully saturated rings. The van der Waals surface area contributed by atoms with Crippen molar-refractivity contribution in [3.8, 4) is 22.5 Å². The Bertz CT molecular complexity index is 2010. The van der Waals surface area contributed by atoms with Crippen LogP contribution in [-0.2, 0) is 38.4 Å². The average molecular weight is 800 g/mol. The second-order valence-corrected chi connectivity index (χ2v) is 18.9. The maximum absolute atomic E-state index is 13.6. The van der Waals surface area contributed by atoms with Gasteiger partial charge in [0, 0.05) is 81.4 Å². The van der Waals surface area contributed by atoms with E-state index in [2.05, 4.69) is 95.1 Å². The van der Waals surface area contributed by atoms with Crippen LogP contribution in [0, 0.1) is 5.41 Å². The number of pyridine rings is 1. The van der Waals surface area contributed by atoms with Crippen LogP contribution in [-0.4, -0.2) is 105 Å². The number of fused-ring (bicyclic) bond motifs is 6. The van der Waals surface area contributed by atoms with Crippen LogP contribution in [0.1, 0.15) is 86.7 Å². The lowest BCUT2D eigenvalue weighted by atomic mass is 9.83. The van der Waals surface area contributed by atoms with E-state index >= 15 is 0 Å². The number of carbonyl (C=O) groups is 2. The number of cyclic esters (lactones) is 1. The van der Waals surface area contributed by atoms with E-state index < -0.39 is 17.0 Å². The van der Waals surface area contributed by atoms with Crippen LogP contribution in [0.5, 0.6) is 0 Å². The molecule has 7 rings (SSSR count). The second kappa shape index (κ2) is 17.2. The van der Waals surface area contributed by atoms with Crippen molar-refractivity contribution in [3.63, 3.8) is 0 Å². The summed E-state index contributed by atoms with van der Waals surface area (Å²) in [5.41, 5.74) is 11.1. The normalized spacial score (nSPS) is 22.1. The van der Waals surface area contributed by atoms with Crippen LogP contribution in [0.2, 0.25) is 5.54 Å². The number of likely N-dealkylation sites (tertiary alicyclic amines) is 1. The fraction of sp³-hybridized carbons (Fsp3) is 0.571. The Morgan fingerprint density at radius 1 is 1.16 bits per heavy atom. The molecule has 0 aliphatic carbocycles. The number of methoxy groups -OCH3 is 1. The van der Waals surface area contributed by atoms with Crippen LogP contribution in [0.3, 0.4) is 0 Å². The van der Waals surface area contributed by atoms with Gasteiger partial charge in [-0.1, -0.05) is 19.9 Å². The van der Waals surface area contributed by atoms with Gasteiger partial charge in [0.05, 0.1) is 28.7 Å². The molecule has 3 aliphatic rings. The third-order valence-electron chi connectivity index (χ3n) is 11.6. The highest BCUT2D eigenvalue weighted by Gasteiger charge is 2.35.